The molecule has 0 saturated carbocycles. The molecule has 0 unspecified atom stereocenters. The van der Waals surface area contributed by atoms with Gasteiger partial charge in [0.1, 0.15) is 0 Å². The number of halogens is 1. The highest BCUT2D eigenvalue weighted by molar-refractivity contribution is 9.11. The maximum Gasteiger partial charge on any atom is 0.265 e. The molecule has 0 bridgehead atoms. The van der Waals surface area contributed by atoms with E-state index < -0.39 is 10.0 Å². The third-order valence-corrected chi connectivity index (χ3v) is 5.52. The number of hydrogen-bond acceptors (Lipinski definition) is 4. The van der Waals surface area contributed by atoms with Crippen LogP contribution < -0.4 is 10.0 Å². The molecule has 0 aliphatic heterocycles. The van der Waals surface area contributed by atoms with Crippen LogP contribution in [0.1, 0.15) is 16.6 Å². The maximum atomic E-state index is 12.0. The first kappa shape index (κ1) is 16.0. The van der Waals surface area contributed by atoms with Crippen molar-refractivity contribution in [1.82, 2.24) is 0 Å². The van der Waals surface area contributed by atoms with Gasteiger partial charge in [-0.1, -0.05) is 0 Å². The minimum Gasteiger partial charge on any atom is -0.321 e. The highest BCUT2D eigenvalue weighted by atomic mass is 79.9. The van der Waals surface area contributed by atoms with Crippen LogP contribution in [0.3, 0.4) is 0 Å². The molecule has 112 valence electrons. The molecule has 0 spiro atoms. The Labute approximate surface area is 135 Å². The van der Waals surface area contributed by atoms with E-state index in [1.807, 2.05) is 6.07 Å². The zero-order valence-corrected chi connectivity index (χ0v) is 14.3. The molecule has 2 aromatic rings. The van der Waals surface area contributed by atoms with Gasteiger partial charge in [-0.3, -0.25) is 9.52 Å². The van der Waals surface area contributed by atoms with Crippen molar-refractivity contribution in [2.24, 2.45) is 0 Å². The average molecular weight is 389 g/mol. The molecule has 8 heteroatoms. The maximum absolute atomic E-state index is 12.0. The number of sulfonamides is 1. The monoisotopic (exact) mass is 388 g/mol. The molecule has 2 N–H and O–H groups in total. The average Bonchev–Trinajstić information content (AvgIpc) is 2.87. The zero-order chi connectivity index (χ0) is 15.5. The Morgan fingerprint density at radius 2 is 1.76 bits per heavy atom. The molecule has 2 rings (SSSR count). The lowest BCUT2D eigenvalue weighted by Gasteiger charge is -2.07. The first-order valence-corrected chi connectivity index (χ1v) is 9.33. The van der Waals surface area contributed by atoms with E-state index in [4.69, 9.17) is 0 Å². The van der Waals surface area contributed by atoms with Crippen LogP contribution in [0.2, 0.25) is 0 Å². The molecule has 1 heterocycles. The lowest BCUT2D eigenvalue weighted by atomic mass is 10.3. The standard InChI is InChI=1S/C13H13BrN2O3S2/c1-2-21(18,19)16-10-5-3-9(4-6-10)15-13(17)11-7-8-12(14)20-11/h3-8,16H,2H2,1H3,(H,15,17). The Hall–Kier alpha value is -1.38. The summed E-state index contributed by atoms with van der Waals surface area (Å²) >= 11 is 4.65. The van der Waals surface area contributed by atoms with Crippen LogP contribution in [0.25, 0.3) is 0 Å². The van der Waals surface area contributed by atoms with Crippen molar-refractivity contribution < 1.29 is 13.2 Å². The molecule has 0 saturated heterocycles. The third-order valence-electron chi connectivity index (χ3n) is 2.59. The van der Waals surface area contributed by atoms with Gasteiger partial charge >= 0.3 is 0 Å². The number of rotatable bonds is 5. The number of anilines is 2. The number of carbonyl (C=O) groups is 1. The largest absolute Gasteiger partial charge is 0.321 e. The zero-order valence-electron chi connectivity index (χ0n) is 11.1. The number of hydrogen-bond donors (Lipinski definition) is 2. The van der Waals surface area contributed by atoms with Crippen molar-refractivity contribution >= 4 is 54.6 Å². The second kappa shape index (κ2) is 6.59. The van der Waals surface area contributed by atoms with E-state index >= 15 is 0 Å². The molecule has 5 nitrogen and oxygen atoms in total. The summed E-state index contributed by atoms with van der Waals surface area (Å²) in [6, 6.07) is 10.0. The highest BCUT2D eigenvalue weighted by Gasteiger charge is 2.10. The molecule has 1 aromatic heterocycles. The minimum absolute atomic E-state index is 0.0126. The van der Waals surface area contributed by atoms with Crippen molar-refractivity contribution in [2.45, 2.75) is 6.92 Å². The van der Waals surface area contributed by atoms with Gasteiger partial charge < -0.3 is 5.32 Å². The van der Waals surface area contributed by atoms with Gasteiger partial charge in [-0.05, 0) is 59.3 Å². The molecule has 0 aliphatic carbocycles. The van der Waals surface area contributed by atoms with Gasteiger partial charge in [-0.15, -0.1) is 11.3 Å². The Kier molecular flexibility index (Phi) is 5.02. The minimum atomic E-state index is -3.29. The molecular weight excluding hydrogens is 376 g/mol. The molecular formula is C13H13BrN2O3S2. The van der Waals surface area contributed by atoms with Crippen molar-refractivity contribution in [1.29, 1.82) is 0 Å². The smallest absolute Gasteiger partial charge is 0.265 e. The number of amides is 1. The van der Waals surface area contributed by atoms with Crippen LogP contribution in [-0.2, 0) is 10.0 Å². The summed E-state index contributed by atoms with van der Waals surface area (Å²) in [5.74, 6) is -0.189. The first-order chi connectivity index (χ1) is 9.89. The number of nitrogens with one attached hydrogen (secondary N) is 2. The van der Waals surface area contributed by atoms with Crippen molar-refractivity contribution in [2.75, 3.05) is 15.8 Å². The molecule has 0 radical (unpaired) electrons. The van der Waals surface area contributed by atoms with Gasteiger partial charge in [-0.25, -0.2) is 8.42 Å². The second-order valence-corrected chi connectivity index (χ2v) is 8.61. The third kappa shape index (κ3) is 4.55. The van der Waals surface area contributed by atoms with E-state index in [0.29, 0.717) is 16.3 Å². The summed E-state index contributed by atoms with van der Waals surface area (Å²) in [6.07, 6.45) is 0. The fraction of sp³-hybridized carbons (Fsp3) is 0.154. The van der Waals surface area contributed by atoms with E-state index in [-0.39, 0.29) is 11.7 Å². The summed E-state index contributed by atoms with van der Waals surface area (Å²) in [7, 11) is -3.29. The summed E-state index contributed by atoms with van der Waals surface area (Å²) in [6.45, 7) is 1.57. The Morgan fingerprint density at radius 3 is 2.29 bits per heavy atom. The van der Waals surface area contributed by atoms with Crippen LogP contribution in [-0.4, -0.2) is 20.1 Å². The predicted molar refractivity (Wildman–Crippen MR) is 89.5 cm³/mol. The van der Waals surface area contributed by atoms with E-state index in [9.17, 15) is 13.2 Å². The van der Waals surface area contributed by atoms with E-state index in [0.717, 1.165) is 3.79 Å². The van der Waals surface area contributed by atoms with Crippen molar-refractivity contribution in [3.8, 4) is 0 Å². The molecule has 0 atom stereocenters. The Bertz CT molecular complexity index is 739. The van der Waals surface area contributed by atoms with Crippen LogP contribution in [0, 0.1) is 0 Å². The topological polar surface area (TPSA) is 75.3 Å². The Balaban J connectivity index is 2.04. The van der Waals surface area contributed by atoms with Gasteiger partial charge in [-0.2, -0.15) is 0 Å². The fourth-order valence-corrected chi connectivity index (χ4v) is 3.42. The summed E-state index contributed by atoms with van der Waals surface area (Å²) in [5.41, 5.74) is 1.07. The van der Waals surface area contributed by atoms with Crippen LogP contribution in [0.5, 0.6) is 0 Å². The van der Waals surface area contributed by atoms with Gasteiger partial charge in [0.25, 0.3) is 5.91 Å². The van der Waals surface area contributed by atoms with E-state index in [1.165, 1.54) is 11.3 Å². The van der Waals surface area contributed by atoms with Gasteiger partial charge in [0.15, 0.2) is 0 Å². The fourth-order valence-electron chi connectivity index (χ4n) is 1.50. The summed E-state index contributed by atoms with van der Waals surface area (Å²) in [4.78, 5) is 12.5. The number of benzene rings is 1. The SMILES string of the molecule is CCS(=O)(=O)Nc1ccc(NC(=O)c2ccc(Br)s2)cc1. The lowest BCUT2D eigenvalue weighted by molar-refractivity contribution is 0.103. The number of thiophene rings is 1. The number of carbonyl (C=O) groups excluding carboxylic acids is 1. The van der Waals surface area contributed by atoms with Crippen molar-refractivity contribution in [3.05, 3.63) is 45.1 Å². The predicted octanol–water partition coefficient (Wildman–Crippen LogP) is 3.52. The van der Waals surface area contributed by atoms with Gasteiger partial charge in [0.05, 0.1) is 14.4 Å². The molecule has 1 aromatic carbocycles. The Morgan fingerprint density at radius 1 is 1.14 bits per heavy atom. The normalized spacial score (nSPS) is 11.1. The van der Waals surface area contributed by atoms with E-state index in [1.54, 1.807) is 37.3 Å². The summed E-state index contributed by atoms with van der Waals surface area (Å²) < 4.78 is 26.2. The summed E-state index contributed by atoms with van der Waals surface area (Å²) in [5, 5.41) is 2.75. The van der Waals surface area contributed by atoms with Crippen LogP contribution in [0.15, 0.2) is 40.2 Å². The van der Waals surface area contributed by atoms with Crippen molar-refractivity contribution in [3.63, 3.8) is 0 Å². The molecule has 21 heavy (non-hydrogen) atoms. The highest BCUT2D eigenvalue weighted by Crippen LogP contribution is 2.23. The molecule has 1 amide bonds. The van der Waals surface area contributed by atoms with Gasteiger partial charge in [0.2, 0.25) is 10.0 Å². The quantitative estimate of drug-likeness (QED) is 0.822. The second-order valence-electron chi connectivity index (χ2n) is 4.14. The first-order valence-electron chi connectivity index (χ1n) is 6.07. The van der Waals surface area contributed by atoms with E-state index in [2.05, 4.69) is 26.0 Å². The van der Waals surface area contributed by atoms with Crippen LogP contribution in [0.4, 0.5) is 11.4 Å². The van der Waals surface area contributed by atoms with Gasteiger partial charge in [0, 0.05) is 11.4 Å². The lowest BCUT2D eigenvalue weighted by Crippen LogP contribution is -2.14. The molecule has 0 fully saturated rings. The van der Waals surface area contributed by atoms with Crippen LogP contribution >= 0.6 is 27.3 Å². The molecule has 0 aliphatic rings.